The molecule has 0 bridgehead atoms. The molecule has 0 aromatic rings. The highest BCUT2D eigenvalue weighted by molar-refractivity contribution is 6.02. The van der Waals surface area contributed by atoms with Gasteiger partial charge in [-0.25, -0.2) is 14.4 Å². The molecule has 0 aromatic heterocycles. The summed E-state index contributed by atoms with van der Waals surface area (Å²) in [5, 5.41) is 1.00. The second-order valence-electron chi connectivity index (χ2n) is 13.0. The van der Waals surface area contributed by atoms with Crippen molar-refractivity contribution in [3.8, 4) is 0 Å². The first kappa shape index (κ1) is 48.3. The molecule has 2 aliphatic rings. The lowest BCUT2D eigenvalue weighted by atomic mass is 10.2. The molecule has 0 saturated carbocycles. The molecule has 0 unspecified atom stereocenters. The quantitative estimate of drug-likeness (QED) is 0.0659. The van der Waals surface area contributed by atoms with Gasteiger partial charge in [0, 0.05) is 38.8 Å². The van der Waals surface area contributed by atoms with Crippen molar-refractivity contribution in [2.75, 3.05) is 119 Å². The molecular weight excluding hydrogens is 750 g/mol. The van der Waals surface area contributed by atoms with Crippen LogP contribution in [0.2, 0.25) is 0 Å². The van der Waals surface area contributed by atoms with Crippen LogP contribution in [-0.2, 0) is 81.1 Å². The molecule has 0 radical (unpaired) electrons. The van der Waals surface area contributed by atoms with E-state index in [9.17, 15) is 33.6 Å². The smallest absolute Gasteiger partial charge is 0.410 e. The molecular formula is C35H57N3O18. The number of carbonyl (C=O) groups excluding carboxylic acids is 7. The van der Waals surface area contributed by atoms with Crippen molar-refractivity contribution in [2.45, 2.75) is 64.9 Å². The van der Waals surface area contributed by atoms with E-state index >= 15 is 0 Å². The molecule has 2 rings (SSSR count). The van der Waals surface area contributed by atoms with E-state index in [2.05, 4.69) is 0 Å². The van der Waals surface area contributed by atoms with Crippen molar-refractivity contribution in [1.29, 1.82) is 0 Å². The average Bonchev–Trinajstić information content (AvgIpc) is 3.63. The van der Waals surface area contributed by atoms with Gasteiger partial charge < -0.3 is 57.2 Å². The van der Waals surface area contributed by atoms with Crippen LogP contribution in [0, 0.1) is 0 Å². The number of hydroxylamine groups is 4. The van der Waals surface area contributed by atoms with Gasteiger partial charge in [-0.3, -0.25) is 19.2 Å². The Morgan fingerprint density at radius 1 is 0.464 bits per heavy atom. The average molecular weight is 808 g/mol. The van der Waals surface area contributed by atoms with Crippen molar-refractivity contribution in [2.24, 2.45) is 0 Å². The van der Waals surface area contributed by atoms with E-state index < -0.39 is 47.3 Å². The summed E-state index contributed by atoms with van der Waals surface area (Å²) >= 11 is 0. The van der Waals surface area contributed by atoms with Crippen molar-refractivity contribution in [3.63, 3.8) is 0 Å². The number of carbonyl (C=O) groups is 7. The molecule has 5 amide bonds. The van der Waals surface area contributed by atoms with Gasteiger partial charge in [0.05, 0.1) is 119 Å². The second-order valence-corrected chi connectivity index (χ2v) is 13.0. The van der Waals surface area contributed by atoms with E-state index in [1.54, 1.807) is 20.8 Å². The van der Waals surface area contributed by atoms with E-state index in [1.807, 2.05) is 0 Å². The summed E-state index contributed by atoms with van der Waals surface area (Å²) in [7, 11) is 0. The van der Waals surface area contributed by atoms with E-state index in [0.717, 1.165) is 0 Å². The molecule has 2 aliphatic heterocycles. The van der Waals surface area contributed by atoms with Gasteiger partial charge in [-0.05, 0) is 20.8 Å². The minimum atomic E-state index is -0.728. The molecule has 2 heterocycles. The molecule has 21 heteroatoms. The Morgan fingerprint density at radius 3 is 1.02 bits per heavy atom. The van der Waals surface area contributed by atoms with Gasteiger partial charge in [0.25, 0.3) is 23.6 Å². The minimum absolute atomic E-state index is 0.0360. The van der Waals surface area contributed by atoms with Crippen LogP contribution >= 0.6 is 0 Å². The monoisotopic (exact) mass is 807 g/mol. The van der Waals surface area contributed by atoms with Crippen LogP contribution in [0.5, 0.6) is 0 Å². The summed E-state index contributed by atoms with van der Waals surface area (Å²) in [4.78, 5) is 92.9. The van der Waals surface area contributed by atoms with E-state index in [-0.39, 0.29) is 104 Å². The van der Waals surface area contributed by atoms with Crippen molar-refractivity contribution < 1.29 is 85.9 Å². The number of rotatable bonds is 32. The zero-order valence-corrected chi connectivity index (χ0v) is 32.7. The molecule has 0 atom stereocenters. The van der Waals surface area contributed by atoms with Crippen molar-refractivity contribution >= 4 is 41.7 Å². The first-order chi connectivity index (χ1) is 26.9. The summed E-state index contributed by atoms with van der Waals surface area (Å²) in [6.07, 6.45) is -0.556. The van der Waals surface area contributed by atoms with E-state index in [4.69, 9.17) is 52.3 Å². The summed E-state index contributed by atoms with van der Waals surface area (Å²) in [5.41, 5.74) is -0.667. The van der Waals surface area contributed by atoms with Crippen LogP contribution in [0.25, 0.3) is 0 Å². The van der Waals surface area contributed by atoms with Crippen molar-refractivity contribution in [1.82, 2.24) is 15.0 Å². The first-order valence-corrected chi connectivity index (χ1v) is 18.6. The van der Waals surface area contributed by atoms with Gasteiger partial charge in [0.15, 0.2) is 0 Å². The highest BCUT2D eigenvalue weighted by Crippen LogP contribution is 2.14. The van der Waals surface area contributed by atoms with Crippen LogP contribution in [0.3, 0.4) is 0 Å². The molecule has 0 N–H and O–H groups in total. The zero-order valence-electron chi connectivity index (χ0n) is 32.7. The van der Waals surface area contributed by atoms with Crippen LogP contribution in [0.1, 0.15) is 59.3 Å². The lowest BCUT2D eigenvalue weighted by molar-refractivity contribution is -0.198. The second kappa shape index (κ2) is 28.5. The summed E-state index contributed by atoms with van der Waals surface area (Å²) in [6, 6.07) is 0. The third-order valence-corrected chi connectivity index (χ3v) is 7.19. The van der Waals surface area contributed by atoms with E-state index in [1.165, 1.54) is 4.90 Å². The van der Waals surface area contributed by atoms with Gasteiger partial charge in [-0.2, -0.15) is 0 Å². The number of nitrogens with zero attached hydrogens (tertiary/aromatic N) is 3. The van der Waals surface area contributed by atoms with Gasteiger partial charge in [0.2, 0.25) is 0 Å². The highest BCUT2D eigenvalue weighted by atomic mass is 16.7. The fourth-order valence-corrected chi connectivity index (χ4v) is 4.42. The lowest BCUT2D eigenvalue weighted by Gasteiger charge is -2.27. The number of amides is 5. The number of hydrogen-bond donors (Lipinski definition) is 0. The largest absolute Gasteiger partial charge is 0.444 e. The predicted octanol–water partition coefficient (Wildman–Crippen LogP) is 0.351. The van der Waals surface area contributed by atoms with Gasteiger partial charge in [-0.1, -0.05) is 0 Å². The molecule has 56 heavy (non-hydrogen) atoms. The lowest BCUT2D eigenvalue weighted by Crippen LogP contribution is -2.40. The summed E-state index contributed by atoms with van der Waals surface area (Å²) in [5.74, 6) is -3.59. The Bertz CT molecular complexity index is 1120. The maximum absolute atomic E-state index is 12.7. The molecule has 320 valence electrons. The third-order valence-electron chi connectivity index (χ3n) is 7.19. The Morgan fingerprint density at radius 2 is 0.732 bits per heavy atom. The highest BCUT2D eigenvalue weighted by Gasteiger charge is 2.33. The molecule has 0 spiro atoms. The molecule has 0 aliphatic carbocycles. The third kappa shape index (κ3) is 22.7. The number of ether oxygens (including phenoxy) is 9. The zero-order chi connectivity index (χ0) is 41.0. The maximum atomic E-state index is 12.7. The number of imide groups is 2. The molecule has 2 saturated heterocycles. The topological polar surface area (TPSA) is 231 Å². The SMILES string of the molecule is CC(C)(C)OC(=O)N(CCOCCOCCOCCOCCC(=O)ON1C(=O)CCC1=O)CCOCCOCCOCCOCCC(=O)ON1C(=O)CCC1=O. The predicted molar refractivity (Wildman–Crippen MR) is 188 cm³/mol. The van der Waals surface area contributed by atoms with Gasteiger partial charge >= 0.3 is 18.0 Å². The maximum Gasteiger partial charge on any atom is 0.410 e. The number of hydrogen-bond acceptors (Lipinski definition) is 18. The summed E-state index contributed by atoms with van der Waals surface area (Å²) in [6.45, 7) is 10.2. The van der Waals surface area contributed by atoms with E-state index in [0.29, 0.717) is 63.0 Å². The van der Waals surface area contributed by atoms with Crippen LogP contribution in [-0.4, -0.2) is 181 Å². The molecule has 0 aromatic carbocycles. The minimum Gasteiger partial charge on any atom is -0.444 e. The van der Waals surface area contributed by atoms with Gasteiger partial charge in [-0.15, -0.1) is 10.1 Å². The van der Waals surface area contributed by atoms with Crippen LogP contribution < -0.4 is 0 Å². The molecule has 21 nitrogen and oxygen atoms in total. The van der Waals surface area contributed by atoms with Crippen molar-refractivity contribution in [3.05, 3.63) is 0 Å². The van der Waals surface area contributed by atoms with Crippen LogP contribution in [0.4, 0.5) is 4.79 Å². The Kier molecular flexibility index (Phi) is 24.6. The fourth-order valence-electron chi connectivity index (χ4n) is 4.42. The Hall–Kier alpha value is -3.83. The Balaban J connectivity index is 1.39. The summed E-state index contributed by atoms with van der Waals surface area (Å²) < 4.78 is 49.1. The fraction of sp³-hybridized carbons (Fsp3) is 0.800. The Labute approximate surface area is 326 Å². The normalized spacial score (nSPS) is 14.6. The van der Waals surface area contributed by atoms with Crippen LogP contribution in [0.15, 0.2) is 0 Å². The first-order valence-electron chi connectivity index (χ1n) is 18.6. The molecule has 2 fully saturated rings. The standard InChI is InChI=1S/C35H57N3O18/c1-35(2,3)54-34(45)36(10-14-48-18-22-52-26-24-50-20-16-46-12-8-32(43)55-37-28(39)4-5-29(37)40)11-15-49-19-23-53-27-25-51-21-17-47-13-9-33(44)56-38-30(41)6-7-31(38)42/h4-27H2,1-3H3. The van der Waals surface area contributed by atoms with Gasteiger partial charge in [0.1, 0.15) is 5.60 Å².